The van der Waals surface area contributed by atoms with Crippen LogP contribution in [0.5, 0.6) is 17.2 Å². The monoisotopic (exact) mass is 710 g/mol. The molecule has 3 aromatic rings. The summed E-state index contributed by atoms with van der Waals surface area (Å²) in [6, 6.07) is 14.1. The van der Waals surface area contributed by atoms with Gasteiger partial charge in [0.05, 0.1) is 0 Å². The van der Waals surface area contributed by atoms with E-state index in [4.69, 9.17) is 14.2 Å². The van der Waals surface area contributed by atoms with Gasteiger partial charge in [0.2, 0.25) is 0 Å². The number of methoxy groups -OCH3 is 3. The van der Waals surface area contributed by atoms with Crippen LogP contribution in [0.2, 0.25) is 0 Å². The quantitative estimate of drug-likeness (QED) is 0.246. The fraction of sp³-hybridized carbons (Fsp3) is 0.389. The van der Waals surface area contributed by atoms with Crippen molar-refractivity contribution in [2.24, 2.45) is 5.92 Å². The molecule has 0 amide bonds. The topological polar surface area (TPSA) is 27.7 Å². The molecule has 0 bridgehead atoms. The molecule has 44 heavy (non-hydrogen) atoms. The number of hydrogen-bond acceptors (Lipinski definition) is 3. The van der Waals surface area contributed by atoms with Gasteiger partial charge < -0.3 is 37.2 Å². The zero-order valence-corrected chi connectivity index (χ0v) is 34.7. The van der Waals surface area contributed by atoms with Crippen LogP contribution in [0.3, 0.4) is 0 Å². The second-order valence-corrected chi connectivity index (χ2v) is 29.7. The maximum Gasteiger partial charge on any atom is -1.00 e. The van der Waals surface area contributed by atoms with E-state index in [1.807, 2.05) is 21.3 Å². The Morgan fingerprint density at radius 1 is 0.523 bits per heavy atom. The standard InChI is InChI=1S/3C9H11O.C9H13.3ClH.H3Si.Ti/c3*1-7-5-4-6-9(10-3)8(7)2;1-6-5-7(2)9(4)8(6)3;;;;;/h3*4-5H,1-3H3;6H,1-4H3;3*1H;1H3;/q;;;;;;;;+3/p-3. The Hall–Kier alpha value is -1.66. The van der Waals surface area contributed by atoms with Crippen LogP contribution >= 0.6 is 0 Å². The first-order chi connectivity index (χ1) is 19.2. The number of rotatable bonds is 7. The predicted molar refractivity (Wildman–Crippen MR) is 176 cm³/mol. The number of allylic oxidation sites excluding steroid dienone is 4. The molecule has 0 fully saturated rings. The number of halogens is 3. The van der Waals surface area contributed by atoms with Crippen LogP contribution in [0.1, 0.15) is 61.1 Å². The Balaban J connectivity index is 0.00000323. The number of ether oxygens (including phenoxy) is 3. The van der Waals surface area contributed by atoms with E-state index in [9.17, 15) is 0 Å². The van der Waals surface area contributed by atoms with Gasteiger partial charge in [-0.25, -0.2) is 0 Å². The van der Waals surface area contributed by atoms with Gasteiger partial charge in [-0.1, -0.05) is 0 Å². The molecule has 240 valence electrons. The number of hydrogen-bond donors (Lipinski definition) is 0. The SMILES string of the molecule is COc1[c]([Ti+3]([SiH3])([C]2=C(C)C(C)=C(C)C2C)([c]2ccc(C)c(C)c2OC)[c]2ccc(C)c(C)c2OC)ccc(C)c1C.[Cl-].[Cl-].[Cl-]. The van der Waals surface area contributed by atoms with E-state index in [1.165, 1.54) is 61.7 Å². The smallest absolute Gasteiger partial charge is 1.00 e. The van der Waals surface area contributed by atoms with Gasteiger partial charge >= 0.3 is 253 Å². The predicted octanol–water partition coefficient (Wildman–Crippen LogP) is -2.92. The minimum Gasteiger partial charge on any atom is -1.00 e. The summed E-state index contributed by atoms with van der Waals surface area (Å²) in [7, 11) is 6.40. The average Bonchev–Trinajstić information content (AvgIpc) is 3.15. The van der Waals surface area contributed by atoms with Crippen molar-refractivity contribution in [3.05, 3.63) is 90.4 Å². The maximum absolute atomic E-state index is 6.46. The van der Waals surface area contributed by atoms with E-state index < -0.39 is 14.6 Å². The minimum atomic E-state index is -4.60. The van der Waals surface area contributed by atoms with Crippen molar-refractivity contribution < 1.29 is 66.0 Å². The van der Waals surface area contributed by atoms with Gasteiger partial charge in [0.25, 0.3) is 0 Å². The Labute approximate surface area is 288 Å². The maximum atomic E-state index is 6.46. The molecule has 0 aromatic heterocycles. The number of aryl methyl sites for hydroxylation is 3. The first kappa shape index (κ1) is 40.4. The third-order valence-corrected chi connectivity index (χ3v) is 31.4. The summed E-state index contributed by atoms with van der Waals surface area (Å²) in [5.41, 5.74) is 11.6. The Morgan fingerprint density at radius 2 is 0.818 bits per heavy atom. The first-order valence-electron chi connectivity index (χ1n) is 14.7. The van der Waals surface area contributed by atoms with Gasteiger partial charge in [-0.05, 0) is 0 Å². The van der Waals surface area contributed by atoms with Crippen LogP contribution in [0, 0.1) is 47.5 Å². The van der Waals surface area contributed by atoms with E-state index in [-0.39, 0.29) is 43.1 Å². The van der Waals surface area contributed by atoms with Crippen LogP contribution in [-0.2, 0) is 14.6 Å². The molecule has 3 nitrogen and oxygen atoms in total. The average molecular weight is 712 g/mol. The normalized spacial score (nSPS) is 14.4. The molecule has 1 atom stereocenters. The molecule has 0 spiro atoms. The zero-order chi connectivity index (χ0) is 30.6. The van der Waals surface area contributed by atoms with Gasteiger partial charge in [-0.3, -0.25) is 0 Å². The van der Waals surface area contributed by atoms with Crippen LogP contribution in [0.25, 0.3) is 0 Å². The largest absolute Gasteiger partial charge is 1.00 e. The van der Waals surface area contributed by atoms with Crippen LogP contribution < -0.4 is 63.0 Å². The Kier molecular flexibility index (Phi) is 13.2. The Bertz CT molecular complexity index is 1500. The van der Waals surface area contributed by atoms with Crippen molar-refractivity contribution >= 4 is 19.7 Å². The molecule has 1 unspecified atom stereocenters. The molecule has 0 saturated heterocycles. The van der Waals surface area contributed by atoms with Crippen molar-refractivity contribution in [1.82, 2.24) is 0 Å². The third-order valence-electron chi connectivity index (χ3n) is 11.0. The fourth-order valence-electron chi connectivity index (χ4n) is 7.88. The van der Waals surface area contributed by atoms with Crippen molar-refractivity contribution in [2.45, 2.75) is 69.2 Å². The summed E-state index contributed by atoms with van der Waals surface area (Å²) in [6.45, 7) is 22.6. The molecular weight excluding hydrogens is 663 g/mol. The second kappa shape index (κ2) is 14.4. The van der Waals surface area contributed by atoms with Gasteiger partial charge in [-0.15, -0.1) is 0 Å². The second-order valence-electron chi connectivity index (χ2n) is 12.6. The minimum absolute atomic E-state index is 0. The van der Waals surface area contributed by atoms with E-state index in [0.29, 0.717) is 0 Å². The molecule has 8 heteroatoms. The molecule has 0 radical (unpaired) electrons. The van der Waals surface area contributed by atoms with E-state index in [2.05, 4.69) is 106 Å². The summed E-state index contributed by atoms with van der Waals surface area (Å²) in [5, 5.41) is 0. The number of benzene rings is 3. The molecule has 0 aliphatic heterocycles. The molecule has 3 aromatic carbocycles. The summed E-state index contributed by atoms with van der Waals surface area (Å²) in [5.74, 6) is 3.31. The van der Waals surface area contributed by atoms with Gasteiger partial charge in [0.15, 0.2) is 0 Å². The molecule has 1 aliphatic carbocycles. The van der Waals surface area contributed by atoms with Crippen molar-refractivity contribution in [1.29, 1.82) is 0 Å². The molecule has 1 aliphatic rings. The molecule has 0 heterocycles. The summed E-state index contributed by atoms with van der Waals surface area (Å²) >= 11 is -4.60. The van der Waals surface area contributed by atoms with E-state index in [0.717, 1.165) is 25.4 Å². The summed E-state index contributed by atoms with van der Waals surface area (Å²) < 4.78 is 25.0. The van der Waals surface area contributed by atoms with Crippen LogP contribution in [0.4, 0.5) is 0 Å². The molecular formula is C36H49Cl3O3SiTi. The van der Waals surface area contributed by atoms with Crippen LogP contribution in [0.15, 0.2) is 57.0 Å². The fourth-order valence-corrected chi connectivity index (χ4v) is 28.9. The van der Waals surface area contributed by atoms with Crippen molar-refractivity contribution in [2.75, 3.05) is 21.3 Å². The molecule has 0 saturated carbocycles. The summed E-state index contributed by atoms with van der Waals surface area (Å²) in [6.07, 6.45) is 0. The van der Waals surface area contributed by atoms with Crippen LogP contribution in [-0.4, -0.2) is 29.4 Å². The van der Waals surface area contributed by atoms with Gasteiger partial charge in [0.1, 0.15) is 0 Å². The Morgan fingerprint density at radius 3 is 1.05 bits per heavy atom. The first-order valence-corrected chi connectivity index (χ1v) is 23.5. The summed E-state index contributed by atoms with van der Waals surface area (Å²) in [4.78, 5) is 0. The van der Waals surface area contributed by atoms with E-state index in [1.54, 1.807) is 3.88 Å². The van der Waals surface area contributed by atoms with Crippen molar-refractivity contribution in [3.8, 4) is 17.2 Å². The third kappa shape index (κ3) is 5.42. The zero-order valence-electron chi connectivity index (χ0n) is 28.9. The van der Waals surface area contributed by atoms with Crippen molar-refractivity contribution in [3.63, 3.8) is 0 Å². The molecule has 4 rings (SSSR count). The van der Waals surface area contributed by atoms with Gasteiger partial charge in [-0.2, -0.15) is 0 Å². The van der Waals surface area contributed by atoms with E-state index >= 15 is 0 Å². The van der Waals surface area contributed by atoms with Gasteiger partial charge in [0, 0.05) is 0 Å². The molecule has 0 N–H and O–H groups in total.